The molecule has 0 aromatic carbocycles. The molecule has 0 fully saturated rings. The fraction of sp³-hybridized carbons (Fsp3) is 0.556. The van der Waals surface area contributed by atoms with E-state index < -0.39 is 6.61 Å². The van der Waals surface area contributed by atoms with Gasteiger partial charge in [-0.25, -0.2) is 0 Å². The third kappa shape index (κ3) is 4.84. The van der Waals surface area contributed by atoms with Crippen LogP contribution in [0.4, 0.5) is 5.00 Å². The molecule has 4 N–H and O–H groups in total. The fourth-order valence-electron chi connectivity index (χ4n) is 3.04. The SMILES string of the molecule is CC/C=C(/CCC(=O)Nc1sc2c(c1CN)CCN(C(=O)CO)C2)OC. The summed E-state index contributed by atoms with van der Waals surface area (Å²) < 4.78 is 5.25. The minimum atomic E-state index is -0.485. The quantitative estimate of drug-likeness (QED) is 0.595. The van der Waals surface area contributed by atoms with Gasteiger partial charge in [-0.05, 0) is 24.5 Å². The Labute approximate surface area is 157 Å². The molecule has 0 aliphatic carbocycles. The molecule has 0 saturated carbocycles. The summed E-state index contributed by atoms with van der Waals surface area (Å²) in [4.78, 5) is 26.7. The Bertz CT molecular complexity index is 684. The molecule has 0 unspecified atom stereocenters. The van der Waals surface area contributed by atoms with Crippen molar-refractivity contribution >= 4 is 28.2 Å². The molecule has 144 valence electrons. The summed E-state index contributed by atoms with van der Waals surface area (Å²) in [5.74, 6) is 0.449. The first-order valence-corrected chi connectivity index (χ1v) is 9.60. The van der Waals surface area contributed by atoms with Crippen LogP contribution in [0.2, 0.25) is 0 Å². The van der Waals surface area contributed by atoms with E-state index in [2.05, 4.69) is 5.32 Å². The average molecular weight is 381 g/mol. The summed E-state index contributed by atoms with van der Waals surface area (Å²) >= 11 is 1.46. The number of anilines is 1. The monoisotopic (exact) mass is 381 g/mol. The van der Waals surface area contributed by atoms with E-state index in [1.807, 2.05) is 13.0 Å². The smallest absolute Gasteiger partial charge is 0.248 e. The van der Waals surface area contributed by atoms with Crippen LogP contribution in [0.25, 0.3) is 0 Å². The zero-order valence-electron chi connectivity index (χ0n) is 15.3. The summed E-state index contributed by atoms with van der Waals surface area (Å²) in [6, 6.07) is 0. The van der Waals surface area contributed by atoms with E-state index in [-0.39, 0.29) is 11.8 Å². The van der Waals surface area contributed by atoms with Crippen LogP contribution in [0, 0.1) is 0 Å². The van der Waals surface area contributed by atoms with Gasteiger partial charge in [0.1, 0.15) is 6.61 Å². The number of carbonyl (C=O) groups excluding carboxylic acids is 2. The number of nitrogens with zero attached hydrogens (tertiary/aromatic N) is 1. The largest absolute Gasteiger partial charge is 0.501 e. The number of hydrogen-bond donors (Lipinski definition) is 3. The van der Waals surface area contributed by atoms with Gasteiger partial charge in [-0.15, -0.1) is 11.3 Å². The maximum absolute atomic E-state index is 12.3. The van der Waals surface area contributed by atoms with E-state index in [0.717, 1.165) is 33.2 Å². The van der Waals surface area contributed by atoms with Gasteiger partial charge in [-0.2, -0.15) is 0 Å². The van der Waals surface area contributed by atoms with Gasteiger partial charge in [0.25, 0.3) is 0 Å². The third-order valence-corrected chi connectivity index (χ3v) is 5.58. The van der Waals surface area contributed by atoms with Crippen LogP contribution in [-0.4, -0.2) is 42.1 Å². The number of carbonyl (C=O) groups is 2. The summed E-state index contributed by atoms with van der Waals surface area (Å²) in [6.07, 6.45) is 4.41. The number of thiophene rings is 1. The highest BCUT2D eigenvalue weighted by Gasteiger charge is 2.26. The Morgan fingerprint density at radius 2 is 2.19 bits per heavy atom. The Morgan fingerprint density at radius 1 is 1.42 bits per heavy atom. The molecule has 2 rings (SSSR count). The van der Waals surface area contributed by atoms with Crippen molar-refractivity contribution in [1.82, 2.24) is 4.90 Å². The molecule has 1 aromatic heterocycles. The first-order valence-electron chi connectivity index (χ1n) is 8.78. The van der Waals surface area contributed by atoms with E-state index in [9.17, 15) is 9.59 Å². The number of hydrogen-bond acceptors (Lipinski definition) is 6. The molecule has 2 heterocycles. The van der Waals surface area contributed by atoms with Gasteiger partial charge < -0.3 is 25.8 Å². The normalized spacial score (nSPS) is 14.2. The van der Waals surface area contributed by atoms with Crippen LogP contribution < -0.4 is 11.1 Å². The van der Waals surface area contributed by atoms with Crippen LogP contribution in [0.5, 0.6) is 0 Å². The van der Waals surface area contributed by atoms with Crippen LogP contribution in [-0.2, 0) is 33.8 Å². The lowest BCUT2D eigenvalue weighted by molar-refractivity contribution is -0.135. The molecular formula is C18H27N3O4S. The second kappa shape index (κ2) is 9.70. The number of ether oxygens (including phenoxy) is 1. The third-order valence-electron chi connectivity index (χ3n) is 4.40. The summed E-state index contributed by atoms with van der Waals surface area (Å²) in [5.41, 5.74) is 7.98. The van der Waals surface area contributed by atoms with Crippen molar-refractivity contribution in [3.8, 4) is 0 Å². The molecule has 7 nitrogen and oxygen atoms in total. The van der Waals surface area contributed by atoms with E-state index in [0.29, 0.717) is 38.9 Å². The highest BCUT2D eigenvalue weighted by molar-refractivity contribution is 7.16. The molecule has 0 saturated heterocycles. The zero-order valence-corrected chi connectivity index (χ0v) is 16.2. The Balaban J connectivity index is 2.06. The second-order valence-corrected chi connectivity index (χ2v) is 7.18. The van der Waals surface area contributed by atoms with E-state index in [1.165, 1.54) is 11.3 Å². The number of methoxy groups -OCH3 is 1. The van der Waals surface area contributed by atoms with Crippen molar-refractivity contribution in [3.63, 3.8) is 0 Å². The number of allylic oxidation sites excluding steroid dienone is 2. The first-order chi connectivity index (χ1) is 12.5. The molecule has 1 aromatic rings. The molecule has 0 atom stereocenters. The first kappa shape index (κ1) is 20.4. The molecule has 0 spiro atoms. The Hall–Kier alpha value is -1.90. The predicted molar refractivity (Wildman–Crippen MR) is 102 cm³/mol. The molecule has 0 bridgehead atoms. The van der Waals surface area contributed by atoms with Gasteiger partial charge in [0.15, 0.2) is 0 Å². The minimum absolute atomic E-state index is 0.0827. The van der Waals surface area contributed by atoms with Crippen LogP contribution in [0.1, 0.15) is 42.2 Å². The minimum Gasteiger partial charge on any atom is -0.501 e. The van der Waals surface area contributed by atoms with Gasteiger partial charge >= 0.3 is 0 Å². The predicted octanol–water partition coefficient (Wildman–Crippen LogP) is 1.74. The summed E-state index contributed by atoms with van der Waals surface area (Å²) in [6.45, 7) is 2.89. The number of fused-ring (bicyclic) bond motifs is 1. The number of amides is 2. The maximum atomic E-state index is 12.3. The molecule has 1 aliphatic rings. The Kier molecular flexibility index (Phi) is 7.62. The van der Waals surface area contributed by atoms with Gasteiger partial charge in [0, 0.05) is 36.4 Å². The van der Waals surface area contributed by atoms with E-state index >= 15 is 0 Å². The molecular weight excluding hydrogens is 354 g/mol. The zero-order chi connectivity index (χ0) is 19.1. The number of aliphatic hydroxyl groups is 1. The number of rotatable bonds is 8. The van der Waals surface area contributed by atoms with Gasteiger partial charge in [-0.3, -0.25) is 9.59 Å². The lowest BCUT2D eigenvalue weighted by Crippen LogP contribution is -2.37. The van der Waals surface area contributed by atoms with Crippen molar-refractivity contribution in [2.45, 2.75) is 45.7 Å². The van der Waals surface area contributed by atoms with Gasteiger partial charge in [-0.1, -0.05) is 6.92 Å². The van der Waals surface area contributed by atoms with Crippen LogP contribution >= 0.6 is 11.3 Å². The fourth-order valence-corrected chi connectivity index (χ4v) is 4.35. The number of nitrogens with two attached hydrogens (primary N) is 1. The highest BCUT2D eigenvalue weighted by Crippen LogP contribution is 2.37. The van der Waals surface area contributed by atoms with Crippen LogP contribution in [0.15, 0.2) is 11.8 Å². The summed E-state index contributed by atoms with van der Waals surface area (Å²) in [5, 5.41) is 12.8. The Morgan fingerprint density at radius 3 is 2.81 bits per heavy atom. The average Bonchev–Trinajstić information content (AvgIpc) is 3.00. The van der Waals surface area contributed by atoms with Crippen molar-refractivity contribution in [3.05, 3.63) is 27.8 Å². The molecule has 8 heteroatoms. The van der Waals surface area contributed by atoms with Crippen molar-refractivity contribution < 1.29 is 19.4 Å². The lowest BCUT2D eigenvalue weighted by Gasteiger charge is -2.26. The molecule has 2 amide bonds. The van der Waals surface area contributed by atoms with Gasteiger partial charge in [0.2, 0.25) is 11.8 Å². The van der Waals surface area contributed by atoms with E-state index in [1.54, 1.807) is 12.0 Å². The molecule has 1 aliphatic heterocycles. The standard InChI is InChI=1S/C18H27N3O4S/c1-3-4-12(25-2)5-6-16(23)20-18-14(9-19)13-7-8-21(17(24)11-22)10-15(13)26-18/h4,22H,3,5-11,19H2,1-2H3,(H,20,23)/b12-4-. The second-order valence-electron chi connectivity index (χ2n) is 6.07. The highest BCUT2D eigenvalue weighted by atomic mass is 32.1. The van der Waals surface area contributed by atoms with Crippen molar-refractivity contribution in [2.24, 2.45) is 5.73 Å². The van der Waals surface area contributed by atoms with Crippen molar-refractivity contribution in [1.29, 1.82) is 0 Å². The number of nitrogens with one attached hydrogen (secondary N) is 1. The summed E-state index contributed by atoms with van der Waals surface area (Å²) in [7, 11) is 1.61. The van der Waals surface area contributed by atoms with Gasteiger partial charge in [0.05, 0.1) is 24.4 Å². The van der Waals surface area contributed by atoms with E-state index in [4.69, 9.17) is 15.6 Å². The van der Waals surface area contributed by atoms with Crippen molar-refractivity contribution in [2.75, 3.05) is 25.6 Å². The molecule has 26 heavy (non-hydrogen) atoms. The maximum Gasteiger partial charge on any atom is 0.248 e. The van der Waals surface area contributed by atoms with Crippen LogP contribution in [0.3, 0.4) is 0 Å². The number of aliphatic hydroxyl groups excluding tert-OH is 1. The lowest BCUT2D eigenvalue weighted by atomic mass is 10.0. The molecule has 0 radical (unpaired) electrons. The topological polar surface area (TPSA) is 105 Å².